The van der Waals surface area contributed by atoms with Crippen molar-refractivity contribution in [2.75, 3.05) is 19.9 Å². The quantitative estimate of drug-likeness (QED) is 0.0841. The molecule has 8 rings (SSSR count). The normalized spacial score (nSPS) is 14.7. The van der Waals surface area contributed by atoms with E-state index in [0.29, 0.717) is 13.1 Å². The van der Waals surface area contributed by atoms with Crippen LogP contribution in [0.1, 0.15) is 56.4 Å². The highest BCUT2D eigenvalue weighted by atomic mass is 16.5. The zero-order valence-electron chi connectivity index (χ0n) is 42.7. The summed E-state index contributed by atoms with van der Waals surface area (Å²) in [5, 5.41) is 4.01. The van der Waals surface area contributed by atoms with Gasteiger partial charge in [-0.1, -0.05) is 182 Å². The molecule has 1 aromatic heterocycles. The van der Waals surface area contributed by atoms with Crippen molar-refractivity contribution in [1.29, 1.82) is 0 Å². The molecule has 1 aliphatic rings. The summed E-state index contributed by atoms with van der Waals surface area (Å²) < 4.78 is 11.4. The van der Waals surface area contributed by atoms with Gasteiger partial charge in [0.15, 0.2) is 0 Å². The lowest BCUT2D eigenvalue weighted by molar-refractivity contribution is 0.409. The largest absolute Gasteiger partial charge is 0.496 e. The van der Waals surface area contributed by atoms with Gasteiger partial charge in [-0.3, -0.25) is 5.01 Å². The van der Waals surface area contributed by atoms with Crippen LogP contribution in [0.15, 0.2) is 253 Å². The number of aryl methyl sites for hydroxylation is 1. The molecule has 0 saturated heterocycles. The van der Waals surface area contributed by atoms with E-state index in [1.54, 1.807) is 7.11 Å². The van der Waals surface area contributed by atoms with E-state index in [0.717, 1.165) is 84.3 Å². The van der Waals surface area contributed by atoms with Crippen LogP contribution in [0.25, 0.3) is 38.6 Å². The summed E-state index contributed by atoms with van der Waals surface area (Å²) in [6.07, 6.45) is 23.5. The minimum absolute atomic E-state index is 0.464. The van der Waals surface area contributed by atoms with Crippen molar-refractivity contribution in [3.63, 3.8) is 0 Å². The monoisotopic (exact) mass is 944 g/mol. The molecule has 7 heteroatoms. The molecule has 366 valence electrons. The van der Waals surface area contributed by atoms with Crippen LogP contribution < -0.4 is 27.4 Å². The number of hydrogen-bond donors (Lipinski definition) is 4. The number of rotatable bonds is 9. The number of benzene rings is 6. The summed E-state index contributed by atoms with van der Waals surface area (Å²) >= 11 is 0. The Balaban J connectivity index is 0.000000222. The number of allylic oxidation sites excluding steroid dienone is 14. The van der Waals surface area contributed by atoms with Crippen molar-refractivity contribution in [3.8, 4) is 16.9 Å². The molecule has 0 amide bonds. The van der Waals surface area contributed by atoms with Crippen LogP contribution >= 0.6 is 0 Å². The Morgan fingerprint density at radius 1 is 0.718 bits per heavy atom. The highest BCUT2D eigenvalue weighted by Crippen LogP contribution is 2.34. The number of nitrogens with two attached hydrogens (primary N) is 3. The van der Waals surface area contributed by atoms with E-state index in [1.165, 1.54) is 16.7 Å². The molecule has 6 aromatic carbocycles. The van der Waals surface area contributed by atoms with Gasteiger partial charge in [0.25, 0.3) is 0 Å². The lowest BCUT2D eigenvalue weighted by Gasteiger charge is -2.13. The van der Waals surface area contributed by atoms with Crippen LogP contribution in [0, 0.1) is 6.92 Å². The number of hydrazine groups is 1. The minimum Gasteiger partial charge on any atom is -0.496 e. The number of ether oxygens (including phenoxy) is 1. The SMILES string of the molecule is C=C1/C=C\C=C/N(NC)/C=C\C(c2ccc3oc4cccc(CN)c4c3c2)=C/C1=C.COc1ccccc1-c1ccc(CN)cc1.C\C=C/C(C)=C\C=C(/C)CC.Cc1ccccc1.Nc1ccccc1. The molecule has 0 saturated carbocycles. The maximum absolute atomic E-state index is 6.05. The Labute approximate surface area is 423 Å². The number of methoxy groups -OCH3 is 1. The number of hydrogen-bond acceptors (Lipinski definition) is 7. The lowest BCUT2D eigenvalue weighted by atomic mass is 9.97. The van der Waals surface area contributed by atoms with Gasteiger partial charge in [0.1, 0.15) is 16.9 Å². The van der Waals surface area contributed by atoms with Crippen molar-refractivity contribution in [3.05, 3.63) is 270 Å². The van der Waals surface area contributed by atoms with Crippen molar-refractivity contribution in [2.45, 2.75) is 54.1 Å². The van der Waals surface area contributed by atoms with Crippen LogP contribution in [-0.2, 0) is 13.1 Å². The fourth-order valence-electron chi connectivity index (χ4n) is 6.94. The van der Waals surface area contributed by atoms with Gasteiger partial charge in [0.2, 0.25) is 0 Å². The Morgan fingerprint density at radius 3 is 1.99 bits per heavy atom. The average molecular weight is 944 g/mol. The molecule has 0 bridgehead atoms. The van der Waals surface area contributed by atoms with Crippen molar-refractivity contribution in [2.24, 2.45) is 11.5 Å². The van der Waals surface area contributed by atoms with Crippen LogP contribution in [0.4, 0.5) is 5.69 Å². The fourth-order valence-corrected chi connectivity index (χ4v) is 6.94. The van der Waals surface area contributed by atoms with Gasteiger partial charge in [-0.25, -0.2) is 5.43 Å². The van der Waals surface area contributed by atoms with E-state index in [9.17, 15) is 0 Å². The van der Waals surface area contributed by atoms with Crippen molar-refractivity contribution in [1.82, 2.24) is 10.4 Å². The first-order valence-corrected chi connectivity index (χ1v) is 23.9. The first-order valence-electron chi connectivity index (χ1n) is 23.9. The van der Waals surface area contributed by atoms with Crippen LogP contribution in [0.3, 0.4) is 0 Å². The van der Waals surface area contributed by atoms with Gasteiger partial charge in [0, 0.05) is 54.6 Å². The predicted molar refractivity (Wildman–Crippen MR) is 307 cm³/mol. The number of para-hydroxylation sites is 2. The lowest BCUT2D eigenvalue weighted by Crippen LogP contribution is -2.23. The summed E-state index contributed by atoms with van der Waals surface area (Å²) in [4.78, 5) is 0. The van der Waals surface area contributed by atoms with Crippen molar-refractivity contribution >= 4 is 33.2 Å². The Kier molecular flexibility index (Phi) is 23.9. The molecule has 0 fully saturated rings. The van der Waals surface area contributed by atoms with E-state index in [2.05, 4.69) is 125 Å². The highest BCUT2D eigenvalue weighted by Gasteiger charge is 2.12. The Hall–Kier alpha value is -7.94. The van der Waals surface area contributed by atoms with Gasteiger partial charge >= 0.3 is 0 Å². The molecular weight excluding hydrogens is 871 g/mol. The highest BCUT2D eigenvalue weighted by molar-refractivity contribution is 6.07. The smallest absolute Gasteiger partial charge is 0.135 e. The number of nitrogen functional groups attached to an aromatic ring is 1. The summed E-state index contributed by atoms with van der Waals surface area (Å²) in [7, 11) is 3.56. The second-order valence-corrected chi connectivity index (χ2v) is 16.5. The number of nitrogens with one attached hydrogen (secondary N) is 1. The molecule has 71 heavy (non-hydrogen) atoms. The third-order valence-electron chi connectivity index (χ3n) is 11.2. The zero-order chi connectivity index (χ0) is 51.4. The van der Waals surface area contributed by atoms with Gasteiger partial charge in [-0.15, -0.1) is 0 Å². The van der Waals surface area contributed by atoms with Crippen LogP contribution in [0.5, 0.6) is 5.75 Å². The topological polar surface area (TPSA) is 116 Å². The maximum atomic E-state index is 6.05. The second kappa shape index (κ2) is 30.5. The van der Waals surface area contributed by atoms with Crippen molar-refractivity contribution < 1.29 is 9.15 Å². The summed E-state index contributed by atoms with van der Waals surface area (Å²) in [6.45, 7) is 19.9. The van der Waals surface area contributed by atoms with E-state index in [4.69, 9.17) is 26.4 Å². The Bertz CT molecular complexity index is 2930. The second-order valence-electron chi connectivity index (χ2n) is 16.5. The van der Waals surface area contributed by atoms with E-state index >= 15 is 0 Å². The standard InChI is InChI=1S/C26H25N3O.C14H15NO.C11H18.C7H8.C6H7N/c1-18-7-4-5-13-29(28-3)14-12-21(15-19(18)2)20-10-11-24-23(16-20)26-22(17-27)8-6-9-25(26)30-24;1-16-14-5-3-2-4-13(14)12-8-6-11(10-15)7-9-12;1-5-7-11(4)9-8-10(3)6-2;1-7-5-3-2-4-6-7;7-6-4-2-1-3-5-6/h4-16,28H,1-2,17,27H2,3H3;2-9H,10,15H2,1H3;5,7-9H,6H2,1-4H3;2-6H,1H3;1-5H,7H2/b7-4-,13-5-,14-12-,21-15+;;7-5-,10-8+,11-9-;;. The molecule has 0 aliphatic carbocycles. The van der Waals surface area contributed by atoms with Crippen LogP contribution in [0.2, 0.25) is 0 Å². The molecule has 7 nitrogen and oxygen atoms in total. The van der Waals surface area contributed by atoms with Gasteiger partial charge in [0.05, 0.1) is 7.11 Å². The zero-order valence-corrected chi connectivity index (χ0v) is 42.7. The molecule has 7 N–H and O–H groups in total. The number of furan rings is 1. The fraction of sp³-hybridized carbons (Fsp3) is 0.156. The number of fused-ring (bicyclic) bond motifs is 3. The van der Waals surface area contributed by atoms with E-state index in [1.807, 2.05) is 153 Å². The third-order valence-corrected chi connectivity index (χ3v) is 11.2. The third kappa shape index (κ3) is 18.5. The number of anilines is 1. The number of nitrogens with zero attached hydrogens (tertiary/aromatic N) is 1. The maximum Gasteiger partial charge on any atom is 0.135 e. The molecule has 0 atom stereocenters. The molecule has 7 aromatic rings. The van der Waals surface area contributed by atoms with Gasteiger partial charge in [-0.05, 0) is 128 Å². The molecule has 0 spiro atoms. The molecule has 2 heterocycles. The summed E-state index contributed by atoms with van der Waals surface area (Å²) in [6, 6.07) is 48.2. The predicted octanol–water partition coefficient (Wildman–Crippen LogP) is 15.5. The molecular formula is C64H73N5O2. The van der Waals surface area contributed by atoms with Gasteiger partial charge < -0.3 is 26.4 Å². The van der Waals surface area contributed by atoms with E-state index < -0.39 is 0 Å². The Morgan fingerprint density at radius 2 is 1.39 bits per heavy atom. The average Bonchev–Trinajstić information content (AvgIpc) is 3.78. The molecule has 1 aliphatic heterocycles. The first-order chi connectivity index (χ1) is 34.4. The summed E-state index contributed by atoms with van der Waals surface area (Å²) in [5.41, 5.74) is 34.9. The van der Waals surface area contributed by atoms with E-state index in [-0.39, 0.29) is 0 Å². The molecule has 0 radical (unpaired) electrons. The van der Waals surface area contributed by atoms with Gasteiger partial charge in [-0.2, -0.15) is 0 Å². The van der Waals surface area contributed by atoms with Crippen LogP contribution in [-0.4, -0.2) is 19.2 Å². The summed E-state index contributed by atoms with van der Waals surface area (Å²) in [5.74, 6) is 0.892. The molecule has 0 unspecified atom stereocenters. The minimum atomic E-state index is 0.464. The first kappa shape index (κ1) is 55.7.